The van der Waals surface area contributed by atoms with Gasteiger partial charge in [0.25, 0.3) is 0 Å². The van der Waals surface area contributed by atoms with Crippen LogP contribution in [0.3, 0.4) is 0 Å². The Morgan fingerprint density at radius 2 is 2.06 bits per heavy atom. The van der Waals surface area contributed by atoms with Crippen LogP contribution in [0.15, 0.2) is 42.9 Å². The molecule has 0 aliphatic carbocycles. The van der Waals surface area contributed by atoms with Crippen molar-refractivity contribution in [3.63, 3.8) is 0 Å². The molecule has 1 fully saturated rings. The summed E-state index contributed by atoms with van der Waals surface area (Å²) >= 11 is 0. The minimum Gasteiger partial charge on any atom is -0.470 e. The van der Waals surface area contributed by atoms with Gasteiger partial charge in [0.2, 0.25) is 5.88 Å². The van der Waals surface area contributed by atoms with Crippen LogP contribution in [-0.2, 0) is 4.74 Å². The van der Waals surface area contributed by atoms with E-state index in [2.05, 4.69) is 15.2 Å². The van der Waals surface area contributed by atoms with Gasteiger partial charge < -0.3 is 9.47 Å². The molecule has 4 aromatic rings. The Morgan fingerprint density at radius 1 is 1.19 bits per heavy atom. The number of hydrogen-bond donors (Lipinski definition) is 0. The maximum atomic E-state index is 14.4. The quantitative estimate of drug-likeness (QED) is 0.477. The van der Waals surface area contributed by atoms with Gasteiger partial charge in [-0.3, -0.25) is 4.68 Å². The van der Waals surface area contributed by atoms with Gasteiger partial charge in [0.1, 0.15) is 6.10 Å². The van der Waals surface area contributed by atoms with Crippen molar-refractivity contribution in [2.75, 3.05) is 13.2 Å². The van der Waals surface area contributed by atoms with Crippen LogP contribution >= 0.6 is 0 Å². The third kappa shape index (κ3) is 3.54. The van der Waals surface area contributed by atoms with Crippen LogP contribution in [0.5, 0.6) is 5.88 Å². The van der Waals surface area contributed by atoms with Crippen LogP contribution in [0, 0.1) is 11.6 Å². The van der Waals surface area contributed by atoms with Gasteiger partial charge in [-0.25, -0.2) is 18.3 Å². The molecule has 3 aromatic heterocycles. The van der Waals surface area contributed by atoms with Crippen molar-refractivity contribution in [3.05, 3.63) is 54.5 Å². The van der Waals surface area contributed by atoms with E-state index in [4.69, 9.17) is 9.47 Å². The second-order valence-electron chi connectivity index (χ2n) is 7.78. The Bertz CT molecular complexity index is 1240. The molecule has 0 saturated carbocycles. The Kier molecular flexibility index (Phi) is 4.90. The lowest BCUT2D eigenvalue weighted by atomic mass is 10.1. The molecule has 1 aliphatic heterocycles. The molecule has 31 heavy (non-hydrogen) atoms. The Morgan fingerprint density at radius 3 is 2.81 bits per heavy atom. The average Bonchev–Trinajstić information content (AvgIpc) is 3.50. The third-order valence-corrected chi connectivity index (χ3v) is 5.29. The van der Waals surface area contributed by atoms with Crippen molar-refractivity contribution in [2.45, 2.75) is 32.4 Å². The van der Waals surface area contributed by atoms with Crippen LogP contribution in [-0.4, -0.2) is 43.7 Å². The SMILES string of the molecule is CC(C)n1cc(-c2cc3ncc(-c4cccc(F)c4F)n3nc2OC2CCOC2)cn1. The number of benzene rings is 1. The summed E-state index contributed by atoms with van der Waals surface area (Å²) in [6, 6.07) is 6.05. The minimum absolute atomic E-state index is 0.0792. The number of hydrogen-bond acceptors (Lipinski definition) is 5. The van der Waals surface area contributed by atoms with E-state index in [1.54, 1.807) is 6.20 Å². The van der Waals surface area contributed by atoms with Crippen molar-refractivity contribution in [3.8, 4) is 28.3 Å². The van der Waals surface area contributed by atoms with Gasteiger partial charge >= 0.3 is 0 Å². The van der Waals surface area contributed by atoms with Gasteiger partial charge in [0, 0.05) is 29.8 Å². The molecular formula is C22H21F2N5O2. The van der Waals surface area contributed by atoms with Gasteiger partial charge in [-0.2, -0.15) is 5.10 Å². The summed E-state index contributed by atoms with van der Waals surface area (Å²) < 4.78 is 43.2. The molecule has 1 aromatic carbocycles. The first-order valence-electron chi connectivity index (χ1n) is 10.1. The molecule has 1 aliphatic rings. The Labute approximate surface area is 177 Å². The van der Waals surface area contributed by atoms with E-state index in [0.717, 1.165) is 23.6 Å². The molecule has 4 heterocycles. The fourth-order valence-electron chi connectivity index (χ4n) is 3.60. The highest BCUT2D eigenvalue weighted by Crippen LogP contribution is 2.33. The fourth-order valence-corrected chi connectivity index (χ4v) is 3.60. The summed E-state index contributed by atoms with van der Waals surface area (Å²) in [6.45, 7) is 5.18. The van der Waals surface area contributed by atoms with Crippen LogP contribution in [0.4, 0.5) is 8.78 Å². The fraction of sp³-hybridized carbons (Fsp3) is 0.318. The monoisotopic (exact) mass is 425 g/mol. The van der Waals surface area contributed by atoms with Crippen molar-refractivity contribution in [1.29, 1.82) is 0 Å². The van der Waals surface area contributed by atoms with Crippen LogP contribution < -0.4 is 4.74 Å². The lowest BCUT2D eigenvalue weighted by Gasteiger charge is -2.15. The number of aromatic nitrogens is 5. The van der Waals surface area contributed by atoms with E-state index in [1.165, 1.54) is 22.8 Å². The van der Waals surface area contributed by atoms with E-state index in [-0.39, 0.29) is 17.7 Å². The van der Waals surface area contributed by atoms with Crippen molar-refractivity contribution in [1.82, 2.24) is 24.4 Å². The summed E-state index contributed by atoms with van der Waals surface area (Å²) in [5.41, 5.74) is 2.46. The van der Waals surface area contributed by atoms with E-state index >= 15 is 0 Å². The van der Waals surface area contributed by atoms with Gasteiger partial charge in [-0.05, 0) is 32.0 Å². The topological polar surface area (TPSA) is 66.5 Å². The zero-order valence-corrected chi connectivity index (χ0v) is 17.1. The zero-order valence-electron chi connectivity index (χ0n) is 17.1. The van der Waals surface area contributed by atoms with Gasteiger partial charge in [-0.1, -0.05) is 6.07 Å². The largest absolute Gasteiger partial charge is 0.470 e. The van der Waals surface area contributed by atoms with E-state index in [1.807, 2.05) is 30.8 Å². The number of nitrogens with zero attached hydrogens (tertiary/aromatic N) is 5. The highest BCUT2D eigenvalue weighted by molar-refractivity contribution is 5.73. The highest BCUT2D eigenvalue weighted by atomic mass is 19.2. The Balaban J connectivity index is 1.66. The van der Waals surface area contributed by atoms with Gasteiger partial charge in [0.05, 0.1) is 36.9 Å². The molecule has 1 saturated heterocycles. The van der Waals surface area contributed by atoms with Gasteiger partial charge in [0.15, 0.2) is 17.3 Å². The maximum absolute atomic E-state index is 14.4. The van der Waals surface area contributed by atoms with Crippen molar-refractivity contribution < 1.29 is 18.3 Å². The second-order valence-corrected chi connectivity index (χ2v) is 7.78. The molecule has 1 atom stereocenters. The maximum Gasteiger partial charge on any atom is 0.240 e. The molecule has 0 amide bonds. The first kappa shape index (κ1) is 19.6. The predicted octanol–water partition coefficient (Wildman–Crippen LogP) is 4.29. The zero-order chi connectivity index (χ0) is 21.5. The molecule has 0 radical (unpaired) electrons. The molecule has 160 valence electrons. The summed E-state index contributed by atoms with van der Waals surface area (Å²) in [5.74, 6) is -1.51. The normalized spacial score (nSPS) is 16.5. The molecule has 9 heteroatoms. The lowest BCUT2D eigenvalue weighted by Crippen LogP contribution is -2.18. The number of rotatable bonds is 5. The molecular weight excluding hydrogens is 404 g/mol. The van der Waals surface area contributed by atoms with Crippen molar-refractivity contribution in [2.24, 2.45) is 0 Å². The van der Waals surface area contributed by atoms with E-state index < -0.39 is 11.6 Å². The van der Waals surface area contributed by atoms with Crippen LogP contribution in [0.25, 0.3) is 28.0 Å². The number of halogens is 2. The Hall–Kier alpha value is -3.33. The summed E-state index contributed by atoms with van der Waals surface area (Å²) in [4.78, 5) is 4.37. The van der Waals surface area contributed by atoms with E-state index in [9.17, 15) is 8.78 Å². The molecule has 0 bridgehead atoms. The molecule has 0 spiro atoms. The van der Waals surface area contributed by atoms with Crippen molar-refractivity contribution >= 4 is 5.65 Å². The highest BCUT2D eigenvalue weighted by Gasteiger charge is 2.23. The lowest BCUT2D eigenvalue weighted by molar-refractivity contribution is 0.137. The number of ether oxygens (including phenoxy) is 2. The standard InChI is InChI=1S/C22H21F2N5O2/c1-13(2)28-11-14(9-26-28)17-8-20-25-10-19(16-4-3-5-18(23)21(16)24)29(20)27-22(17)31-15-6-7-30-12-15/h3-5,8-11,13,15H,6-7,12H2,1-2H3. The summed E-state index contributed by atoms with van der Waals surface area (Å²) in [7, 11) is 0. The molecule has 1 unspecified atom stereocenters. The second kappa shape index (κ2) is 7.73. The third-order valence-electron chi connectivity index (χ3n) is 5.29. The number of imidazole rings is 1. The van der Waals surface area contributed by atoms with Gasteiger partial charge in [-0.15, -0.1) is 5.10 Å². The molecule has 5 rings (SSSR count). The number of fused-ring (bicyclic) bond motifs is 1. The smallest absolute Gasteiger partial charge is 0.240 e. The van der Waals surface area contributed by atoms with Crippen LogP contribution in [0.2, 0.25) is 0 Å². The summed E-state index contributed by atoms with van der Waals surface area (Å²) in [5, 5.41) is 9.04. The summed E-state index contributed by atoms with van der Waals surface area (Å²) in [6.07, 6.45) is 5.76. The van der Waals surface area contributed by atoms with E-state index in [0.29, 0.717) is 30.4 Å². The molecule has 7 nitrogen and oxygen atoms in total. The first-order chi connectivity index (χ1) is 15.0. The van der Waals surface area contributed by atoms with Crippen LogP contribution in [0.1, 0.15) is 26.3 Å². The predicted molar refractivity (Wildman–Crippen MR) is 110 cm³/mol. The average molecular weight is 425 g/mol. The minimum atomic E-state index is -0.944. The molecule has 0 N–H and O–H groups in total. The first-order valence-corrected chi connectivity index (χ1v) is 10.1.